The summed E-state index contributed by atoms with van der Waals surface area (Å²) in [6.07, 6.45) is 2.37. The highest BCUT2D eigenvalue weighted by Gasteiger charge is 2.18. The van der Waals surface area contributed by atoms with Crippen molar-refractivity contribution in [1.29, 1.82) is 0 Å². The summed E-state index contributed by atoms with van der Waals surface area (Å²) in [5.74, 6) is 0.274. The molecule has 1 amide bonds. The molecule has 0 spiro atoms. The summed E-state index contributed by atoms with van der Waals surface area (Å²) in [4.78, 5) is 14.5. The van der Waals surface area contributed by atoms with Gasteiger partial charge in [0.05, 0.1) is 28.5 Å². The Kier molecular flexibility index (Phi) is 5.75. The molecule has 7 heteroatoms. The van der Waals surface area contributed by atoms with Gasteiger partial charge in [-0.05, 0) is 38.8 Å². The molecule has 1 aromatic carbocycles. The minimum absolute atomic E-state index is 0.0506. The van der Waals surface area contributed by atoms with Crippen LogP contribution < -0.4 is 5.32 Å². The first kappa shape index (κ1) is 17.9. The van der Waals surface area contributed by atoms with Crippen LogP contribution in [0.3, 0.4) is 0 Å². The van der Waals surface area contributed by atoms with Gasteiger partial charge in [-0.3, -0.25) is 4.79 Å². The first-order valence-electron chi connectivity index (χ1n) is 8.39. The summed E-state index contributed by atoms with van der Waals surface area (Å²) >= 11 is 6.84. The molecule has 0 atom stereocenters. The minimum atomic E-state index is -0.0506. The number of hydrogen-bond donors (Lipinski definition) is 1. The fourth-order valence-electron chi connectivity index (χ4n) is 2.94. The molecule has 2 heterocycles. The quantitative estimate of drug-likeness (QED) is 0.830. The van der Waals surface area contributed by atoms with Crippen LogP contribution in [0.4, 0.5) is 5.69 Å². The molecule has 0 radical (unpaired) electrons. The molecule has 1 aromatic heterocycles. The van der Waals surface area contributed by atoms with E-state index in [-0.39, 0.29) is 5.91 Å². The monoisotopic (exact) mass is 374 g/mol. The number of rotatable bonds is 4. The first-order chi connectivity index (χ1) is 12.1. The SMILES string of the molecule is Cc1nn(-c2ccccc2)c(C)c1NC(=O)CSC(=S)N1CCCC1. The number of hydrogen-bond acceptors (Lipinski definition) is 4. The van der Waals surface area contributed by atoms with Gasteiger partial charge >= 0.3 is 0 Å². The lowest BCUT2D eigenvalue weighted by atomic mass is 10.3. The lowest BCUT2D eigenvalue weighted by Crippen LogP contribution is -2.25. The third-order valence-electron chi connectivity index (χ3n) is 4.25. The Hall–Kier alpha value is -1.86. The van der Waals surface area contributed by atoms with Crippen LogP contribution in [0.5, 0.6) is 0 Å². The van der Waals surface area contributed by atoms with Gasteiger partial charge in [0.15, 0.2) is 0 Å². The third kappa shape index (κ3) is 4.22. The van der Waals surface area contributed by atoms with Gasteiger partial charge in [-0.15, -0.1) is 0 Å². The topological polar surface area (TPSA) is 50.2 Å². The maximum atomic E-state index is 12.3. The molecule has 1 fully saturated rings. The van der Waals surface area contributed by atoms with Crippen LogP contribution in [-0.2, 0) is 4.79 Å². The van der Waals surface area contributed by atoms with Crippen LogP contribution in [-0.4, -0.2) is 43.8 Å². The number of carbonyl (C=O) groups excluding carboxylic acids is 1. The largest absolute Gasteiger partial charge is 0.358 e. The summed E-state index contributed by atoms with van der Waals surface area (Å²) in [7, 11) is 0. The summed E-state index contributed by atoms with van der Waals surface area (Å²) in [5, 5.41) is 7.55. The molecule has 2 aromatic rings. The van der Waals surface area contributed by atoms with Crippen molar-refractivity contribution in [2.45, 2.75) is 26.7 Å². The van der Waals surface area contributed by atoms with Gasteiger partial charge in [0.1, 0.15) is 4.32 Å². The van der Waals surface area contributed by atoms with Crippen LogP contribution in [0.1, 0.15) is 24.2 Å². The number of benzene rings is 1. The molecule has 1 saturated heterocycles. The number of aromatic nitrogens is 2. The van der Waals surface area contributed by atoms with Crippen molar-refractivity contribution in [3.63, 3.8) is 0 Å². The van der Waals surface area contributed by atoms with Gasteiger partial charge in [-0.25, -0.2) is 4.68 Å². The van der Waals surface area contributed by atoms with Gasteiger partial charge in [0, 0.05) is 13.1 Å². The van der Waals surface area contributed by atoms with Crippen LogP contribution in [0, 0.1) is 13.8 Å². The minimum Gasteiger partial charge on any atom is -0.358 e. The van der Waals surface area contributed by atoms with Gasteiger partial charge in [-0.2, -0.15) is 5.10 Å². The molecular formula is C18H22N4OS2. The van der Waals surface area contributed by atoms with E-state index >= 15 is 0 Å². The van der Waals surface area contributed by atoms with Gasteiger partial charge in [-0.1, -0.05) is 42.2 Å². The number of likely N-dealkylation sites (tertiary alicyclic amines) is 1. The van der Waals surface area contributed by atoms with E-state index in [1.165, 1.54) is 24.6 Å². The highest BCUT2D eigenvalue weighted by Crippen LogP contribution is 2.23. The number of nitrogens with one attached hydrogen (secondary N) is 1. The van der Waals surface area contributed by atoms with E-state index in [0.717, 1.165) is 40.2 Å². The lowest BCUT2D eigenvalue weighted by Gasteiger charge is -2.17. The summed E-state index contributed by atoms with van der Waals surface area (Å²) in [6.45, 7) is 5.89. The van der Waals surface area contributed by atoms with Crippen LogP contribution in [0.15, 0.2) is 30.3 Å². The number of aryl methyl sites for hydroxylation is 1. The van der Waals surface area contributed by atoms with Gasteiger partial charge in [0.25, 0.3) is 0 Å². The molecule has 1 aliphatic rings. The van der Waals surface area contributed by atoms with Crippen molar-refractivity contribution in [2.24, 2.45) is 0 Å². The smallest absolute Gasteiger partial charge is 0.234 e. The van der Waals surface area contributed by atoms with E-state index in [2.05, 4.69) is 15.3 Å². The molecule has 0 unspecified atom stereocenters. The summed E-state index contributed by atoms with van der Waals surface area (Å²) < 4.78 is 2.67. The highest BCUT2D eigenvalue weighted by atomic mass is 32.2. The normalized spacial score (nSPS) is 13.9. The van der Waals surface area contributed by atoms with Crippen molar-refractivity contribution in [1.82, 2.24) is 14.7 Å². The van der Waals surface area contributed by atoms with Crippen LogP contribution in [0.25, 0.3) is 5.69 Å². The fourth-order valence-corrected chi connectivity index (χ4v) is 3.99. The number of thioether (sulfide) groups is 1. The first-order valence-corrected chi connectivity index (χ1v) is 9.79. The Bertz CT molecular complexity index is 767. The number of amides is 1. The molecule has 5 nitrogen and oxygen atoms in total. The Morgan fingerprint density at radius 2 is 1.92 bits per heavy atom. The van der Waals surface area contributed by atoms with E-state index in [1.807, 2.05) is 48.9 Å². The zero-order valence-electron chi connectivity index (χ0n) is 14.5. The average Bonchev–Trinajstić information content (AvgIpc) is 3.25. The predicted octanol–water partition coefficient (Wildman–Crippen LogP) is 3.54. The Balaban J connectivity index is 1.63. The van der Waals surface area contributed by atoms with E-state index in [9.17, 15) is 4.79 Å². The fraction of sp³-hybridized carbons (Fsp3) is 0.389. The predicted molar refractivity (Wildman–Crippen MR) is 108 cm³/mol. The number of carbonyl (C=O) groups is 1. The van der Waals surface area contributed by atoms with Gasteiger partial charge in [0.2, 0.25) is 5.91 Å². The zero-order chi connectivity index (χ0) is 17.8. The maximum Gasteiger partial charge on any atom is 0.234 e. The van der Waals surface area contributed by atoms with Gasteiger partial charge < -0.3 is 10.2 Å². The Morgan fingerprint density at radius 3 is 2.60 bits per heavy atom. The van der Waals surface area contributed by atoms with Crippen molar-refractivity contribution in [2.75, 3.05) is 24.2 Å². The zero-order valence-corrected chi connectivity index (χ0v) is 16.1. The molecule has 132 valence electrons. The standard InChI is InChI=1S/C18H22N4OS2/c1-13-17(14(2)22(20-13)15-8-4-3-5-9-15)19-16(23)12-25-18(24)21-10-6-7-11-21/h3-5,8-9H,6-7,10-12H2,1-2H3,(H,19,23). The van der Waals surface area contributed by atoms with E-state index < -0.39 is 0 Å². The second-order valence-corrected chi connectivity index (χ2v) is 7.70. The molecular weight excluding hydrogens is 352 g/mol. The third-order valence-corrected chi connectivity index (χ3v) is 5.77. The van der Waals surface area contributed by atoms with Crippen LogP contribution in [0.2, 0.25) is 0 Å². The van der Waals surface area contributed by atoms with E-state index in [1.54, 1.807) is 0 Å². The van der Waals surface area contributed by atoms with Crippen LogP contribution >= 0.6 is 24.0 Å². The Morgan fingerprint density at radius 1 is 1.24 bits per heavy atom. The number of nitrogens with zero attached hydrogens (tertiary/aromatic N) is 3. The number of anilines is 1. The second-order valence-electron chi connectivity index (χ2n) is 6.09. The molecule has 1 aliphatic heterocycles. The van der Waals surface area contributed by atoms with Crippen molar-refractivity contribution < 1.29 is 4.79 Å². The maximum absolute atomic E-state index is 12.3. The van der Waals surface area contributed by atoms with E-state index in [0.29, 0.717) is 5.75 Å². The summed E-state index contributed by atoms with van der Waals surface area (Å²) in [6, 6.07) is 9.91. The Labute approximate surface area is 157 Å². The highest BCUT2D eigenvalue weighted by molar-refractivity contribution is 8.23. The van der Waals surface area contributed by atoms with Crippen molar-refractivity contribution >= 4 is 39.9 Å². The lowest BCUT2D eigenvalue weighted by molar-refractivity contribution is -0.113. The number of thiocarbonyl (C=S) groups is 1. The molecule has 25 heavy (non-hydrogen) atoms. The molecule has 3 rings (SSSR count). The molecule has 1 N–H and O–H groups in total. The second kappa shape index (κ2) is 8.01. The molecule has 0 bridgehead atoms. The van der Waals surface area contributed by atoms with Crippen molar-refractivity contribution in [3.05, 3.63) is 41.7 Å². The molecule has 0 saturated carbocycles. The summed E-state index contributed by atoms with van der Waals surface area (Å²) in [5.41, 5.74) is 3.49. The average molecular weight is 375 g/mol. The van der Waals surface area contributed by atoms with Crippen molar-refractivity contribution in [3.8, 4) is 5.69 Å². The number of para-hydroxylation sites is 1. The molecule has 0 aliphatic carbocycles. The van der Waals surface area contributed by atoms with E-state index in [4.69, 9.17) is 12.2 Å².